The van der Waals surface area contributed by atoms with Crippen molar-refractivity contribution in [2.24, 2.45) is 0 Å². The molecule has 21 heavy (non-hydrogen) atoms. The Morgan fingerprint density at radius 2 is 2.10 bits per heavy atom. The summed E-state index contributed by atoms with van der Waals surface area (Å²) in [7, 11) is 2.03. The van der Waals surface area contributed by atoms with Gasteiger partial charge >= 0.3 is 0 Å². The minimum Gasteiger partial charge on any atom is -0.396 e. The zero-order chi connectivity index (χ0) is 15.2. The van der Waals surface area contributed by atoms with Gasteiger partial charge in [0.15, 0.2) is 0 Å². The fourth-order valence-electron chi connectivity index (χ4n) is 2.37. The maximum atomic E-state index is 12.1. The van der Waals surface area contributed by atoms with E-state index in [2.05, 4.69) is 9.88 Å². The average Bonchev–Trinajstić information content (AvgIpc) is 2.44. The molecule has 0 atom stereocenters. The molecule has 0 fully saturated rings. The van der Waals surface area contributed by atoms with Crippen molar-refractivity contribution in [1.29, 1.82) is 0 Å². The standard InChI is InChI=1S/C16H23N3O2/c1-13-6-7-15-17-14(10-16(21)19(15)11-13)12-18(2)8-4-3-5-9-20/h6-7,10-11,20H,3-5,8-9,12H2,1-2H3. The molecule has 1 N–H and O–H groups in total. The monoisotopic (exact) mass is 289 g/mol. The van der Waals surface area contributed by atoms with Crippen LogP contribution >= 0.6 is 0 Å². The largest absolute Gasteiger partial charge is 0.396 e. The molecule has 0 radical (unpaired) electrons. The number of aromatic nitrogens is 2. The number of nitrogens with zero attached hydrogens (tertiary/aromatic N) is 3. The third-order valence-electron chi connectivity index (χ3n) is 3.49. The lowest BCUT2D eigenvalue weighted by atomic mass is 10.2. The van der Waals surface area contributed by atoms with E-state index in [4.69, 9.17) is 5.11 Å². The highest BCUT2D eigenvalue weighted by Gasteiger charge is 2.05. The SMILES string of the molecule is Cc1ccc2nc(CN(C)CCCCCO)cc(=O)n2c1. The molecule has 0 unspecified atom stereocenters. The summed E-state index contributed by atoms with van der Waals surface area (Å²) in [6.07, 6.45) is 4.73. The molecule has 0 saturated heterocycles. The van der Waals surface area contributed by atoms with Crippen molar-refractivity contribution in [2.75, 3.05) is 20.2 Å². The van der Waals surface area contributed by atoms with Crippen LogP contribution in [0.2, 0.25) is 0 Å². The van der Waals surface area contributed by atoms with E-state index in [1.807, 2.05) is 32.3 Å². The Bertz CT molecular complexity index is 652. The number of hydrogen-bond acceptors (Lipinski definition) is 4. The molecule has 0 aromatic carbocycles. The van der Waals surface area contributed by atoms with Crippen molar-refractivity contribution in [2.45, 2.75) is 32.7 Å². The molecule has 5 nitrogen and oxygen atoms in total. The van der Waals surface area contributed by atoms with E-state index >= 15 is 0 Å². The van der Waals surface area contributed by atoms with Crippen LogP contribution in [0.1, 0.15) is 30.5 Å². The van der Waals surface area contributed by atoms with Gasteiger partial charge in [0.2, 0.25) is 0 Å². The van der Waals surface area contributed by atoms with Gasteiger partial charge in [0.1, 0.15) is 5.65 Å². The Morgan fingerprint density at radius 1 is 1.29 bits per heavy atom. The van der Waals surface area contributed by atoms with Gasteiger partial charge in [0.25, 0.3) is 5.56 Å². The van der Waals surface area contributed by atoms with Crippen LogP contribution in [0.3, 0.4) is 0 Å². The minimum atomic E-state index is -0.0348. The second-order valence-corrected chi connectivity index (χ2v) is 5.54. The molecular weight excluding hydrogens is 266 g/mol. The van der Waals surface area contributed by atoms with Crippen molar-refractivity contribution < 1.29 is 5.11 Å². The fourth-order valence-corrected chi connectivity index (χ4v) is 2.37. The molecule has 2 rings (SSSR count). The Kier molecular flexibility index (Phi) is 5.47. The van der Waals surface area contributed by atoms with E-state index < -0.39 is 0 Å². The molecule has 0 aliphatic heterocycles. The van der Waals surface area contributed by atoms with Crippen LogP contribution in [0.15, 0.2) is 29.2 Å². The lowest BCUT2D eigenvalue weighted by Gasteiger charge is -2.16. The Morgan fingerprint density at radius 3 is 2.86 bits per heavy atom. The van der Waals surface area contributed by atoms with Crippen molar-refractivity contribution >= 4 is 5.65 Å². The molecule has 0 amide bonds. The van der Waals surface area contributed by atoms with Crippen LogP contribution in [-0.4, -0.2) is 39.6 Å². The first-order valence-electron chi connectivity index (χ1n) is 7.38. The molecule has 0 saturated carbocycles. The smallest absolute Gasteiger partial charge is 0.258 e. The van der Waals surface area contributed by atoms with Gasteiger partial charge in [-0.3, -0.25) is 9.20 Å². The van der Waals surface area contributed by atoms with E-state index in [9.17, 15) is 4.79 Å². The summed E-state index contributed by atoms with van der Waals surface area (Å²) >= 11 is 0. The highest BCUT2D eigenvalue weighted by Crippen LogP contribution is 2.05. The van der Waals surface area contributed by atoms with E-state index in [1.165, 1.54) is 0 Å². The van der Waals surface area contributed by atoms with Crippen molar-refractivity contribution in [3.05, 3.63) is 46.0 Å². The highest BCUT2D eigenvalue weighted by molar-refractivity contribution is 5.39. The second-order valence-electron chi connectivity index (χ2n) is 5.54. The zero-order valence-electron chi connectivity index (χ0n) is 12.7. The molecule has 0 bridgehead atoms. The Hall–Kier alpha value is -1.72. The number of pyridine rings is 1. The molecule has 2 aromatic rings. The first-order valence-corrected chi connectivity index (χ1v) is 7.38. The third-order valence-corrected chi connectivity index (χ3v) is 3.49. The summed E-state index contributed by atoms with van der Waals surface area (Å²) in [4.78, 5) is 18.8. The van der Waals surface area contributed by atoms with E-state index in [0.717, 1.165) is 37.1 Å². The summed E-state index contributed by atoms with van der Waals surface area (Å²) < 4.78 is 1.58. The van der Waals surface area contributed by atoms with Crippen LogP contribution in [-0.2, 0) is 6.54 Å². The number of aryl methyl sites for hydroxylation is 1. The van der Waals surface area contributed by atoms with Crippen LogP contribution in [0, 0.1) is 6.92 Å². The number of aliphatic hydroxyl groups is 1. The molecule has 0 aliphatic rings. The first kappa shape index (κ1) is 15.7. The predicted octanol–water partition coefficient (Wildman–Crippen LogP) is 1.60. The number of aliphatic hydroxyl groups excluding tert-OH is 1. The Labute approximate surface area is 124 Å². The molecule has 5 heteroatoms. The second kappa shape index (κ2) is 7.33. The summed E-state index contributed by atoms with van der Waals surface area (Å²) in [6, 6.07) is 5.45. The quantitative estimate of drug-likeness (QED) is 0.787. The van der Waals surface area contributed by atoms with Crippen LogP contribution < -0.4 is 5.56 Å². The fraction of sp³-hybridized carbons (Fsp3) is 0.500. The van der Waals surface area contributed by atoms with E-state index in [-0.39, 0.29) is 12.2 Å². The number of unbranched alkanes of at least 4 members (excludes halogenated alkanes) is 2. The van der Waals surface area contributed by atoms with Crippen molar-refractivity contribution in [3.63, 3.8) is 0 Å². The molecule has 114 valence electrons. The highest BCUT2D eigenvalue weighted by atomic mass is 16.2. The summed E-state index contributed by atoms with van der Waals surface area (Å²) in [5, 5.41) is 8.76. The van der Waals surface area contributed by atoms with Crippen LogP contribution in [0.25, 0.3) is 5.65 Å². The van der Waals surface area contributed by atoms with Crippen molar-refractivity contribution in [3.8, 4) is 0 Å². The molecular formula is C16H23N3O2. The Balaban J connectivity index is 2.05. The van der Waals surface area contributed by atoms with Gasteiger partial charge in [-0.1, -0.05) is 6.07 Å². The summed E-state index contributed by atoms with van der Waals surface area (Å²) in [5.41, 5.74) is 2.50. The lowest BCUT2D eigenvalue weighted by molar-refractivity contribution is 0.270. The normalized spacial score (nSPS) is 11.4. The topological polar surface area (TPSA) is 57.8 Å². The minimum absolute atomic E-state index is 0.0348. The predicted molar refractivity (Wildman–Crippen MR) is 83.5 cm³/mol. The molecule has 0 spiro atoms. The van der Waals surface area contributed by atoms with Crippen molar-refractivity contribution in [1.82, 2.24) is 14.3 Å². The molecule has 0 aliphatic carbocycles. The van der Waals surface area contributed by atoms with E-state index in [0.29, 0.717) is 12.2 Å². The van der Waals surface area contributed by atoms with Gasteiger partial charge < -0.3 is 10.0 Å². The van der Waals surface area contributed by atoms with Crippen LogP contribution in [0.5, 0.6) is 0 Å². The summed E-state index contributed by atoms with van der Waals surface area (Å²) in [5.74, 6) is 0. The van der Waals surface area contributed by atoms with Gasteiger partial charge in [-0.2, -0.15) is 0 Å². The van der Waals surface area contributed by atoms with Gasteiger partial charge in [0, 0.05) is 25.4 Å². The number of rotatable bonds is 7. The van der Waals surface area contributed by atoms with Gasteiger partial charge in [-0.25, -0.2) is 4.98 Å². The molecule has 2 aromatic heterocycles. The first-order chi connectivity index (χ1) is 10.1. The van der Waals surface area contributed by atoms with Crippen LogP contribution in [0.4, 0.5) is 0 Å². The number of hydrogen-bond donors (Lipinski definition) is 1. The zero-order valence-corrected chi connectivity index (χ0v) is 12.7. The third kappa shape index (κ3) is 4.37. The lowest BCUT2D eigenvalue weighted by Crippen LogP contribution is -2.23. The number of fused-ring (bicyclic) bond motifs is 1. The molecule has 2 heterocycles. The van der Waals surface area contributed by atoms with E-state index in [1.54, 1.807) is 10.5 Å². The summed E-state index contributed by atoms with van der Waals surface area (Å²) in [6.45, 7) is 3.82. The van der Waals surface area contributed by atoms with Gasteiger partial charge in [0.05, 0.1) is 5.69 Å². The average molecular weight is 289 g/mol. The maximum Gasteiger partial charge on any atom is 0.258 e. The van der Waals surface area contributed by atoms with Gasteiger partial charge in [-0.05, 0) is 51.4 Å². The van der Waals surface area contributed by atoms with Gasteiger partial charge in [-0.15, -0.1) is 0 Å². The maximum absolute atomic E-state index is 12.1.